The van der Waals surface area contributed by atoms with Gasteiger partial charge in [0.15, 0.2) is 0 Å². The van der Waals surface area contributed by atoms with Gasteiger partial charge < -0.3 is 9.84 Å². The Labute approximate surface area is 96.0 Å². The van der Waals surface area contributed by atoms with Crippen LogP contribution in [0.4, 0.5) is 8.78 Å². The number of halogens is 2. The zero-order chi connectivity index (χ0) is 13.0. The van der Waals surface area contributed by atoms with E-state index in [0.717, 1.165) is 6.07 Å². The van der Waals surface area contributed by atoms with Crippen molar-refractivity contribution < 1.29 is 23.4 Å². The fourth-order valence-corrected chi connectivity index (χ4v) is 1.26. The largest absolute Gasteiger partial charge is 0.507 e. The van der Waals surface area contributed by atoms with Crippen LogP contribution in [-0.2, 0) is 4.74 Å². The van der Waals surface area contributed by atoms with Crippen LogP contribution in [0.1, 0.15) is 34.8 Å². The van der Waals surface area contributed by atoms with Crippen molar-refractivity contribution in [3.05, 3.63) is 28.8 Å². The first-order chi connectivity index (χ1) is 8.01. The highest BCUT2D eigenvalue weighted by atomic mass is 19.3. The molecule has 0 atom stereocenters. The minimum absolute atomic E-state index is 0.0320. The molecule has 0 aliphatic rings. The molecule has 0 aliphatic heterocycles. The molecular formula is C11H9F2NO3. The molecule has 17 heavy (non-hydrogen) atoms. The summed E-state index contributed by atoms with van der Waals surface area (Å²) in [6.45, 7) is 1.57. The van der Waals surface area contributed by atoms with Gasteiger partial charge >= 0.3 is 5.97 Å². The fourth-order valence-electron chi connectivity index (χ4n) is 1.26. The maximum atomic E-state index is 12.6. The second kappa shape index (κ2) is 5.25. The Balaban J connectivity index is 3.35. The molecule has 0 heterocycles. The van der Waals surface area contributed by atoms with E-state index in [1.807, 2.05) is 0 Å². The van der Waals surface area contributed by atoms with Crippen LogP contribution >= 0.6 is 0 Å². The predicted octanol–water partition coefficient (Wildman–Crippen LogP) is 2.38. The van der Waals surface area contributed by atoms with Gasteiger partial charge in [0.05, 0.1) is 17.7 Å². The number of aromatic hydroxyl groups is 1. The summed E-state index contributed by atoms with van der Waals surface area (Å²) in [4.78, 5) is 11.4. The van der Waals surface area contributed by atoms with Gasteiger partial charge in [-0.05, 0) is 19.1 Å². The van der Waals surface area contributed by atoms with Gasteiger partial charge in [-0.1, -0.05) is 0 Å². The SMILES string of the molecule is CCOC(=O)c1cc(C#N)c(O)cc1C(F)F. The summed E-state index contributed by atoms with van der Waals surface area (Å²) in [5, 5.41) is 17.9. The van der Waals surface area contributed by atoms with E-state index in [1.165, 1.54) is 6.92 Å². The monoisotopic (exact) mass is 241 g/mol. The molecule has 1 aromatic carbocycles. The average Bonchev–Trinajstić information content (AvgIpc) is 2.28. The van der Waals surface area contributed by atoms with E-state index in [2.05, 4.69) is 4.74 Å². The Morgan fingerprint density at radius 3 is 2.71 bits per heavy atom. The Morgan fingerprint density at radius 1 is 1.59 bits per heavy atom. The van der Waals surface area contributed by atoms with E-state index in [0.29, 0.717) is 6.07 Å². The van der Waals surface area contributed by atoms with E-state index in [-0.39, 0.29) is 12.2 Å². The number of hydrogen-bond donors (Lipinski definition) is 1. The van der Waals surface area contributed by atoms with Gasteiger partial charge in [0.1, 0.15) is 11.8 Å². The molecule has 0 saturated carbocycles. The summed E-state index contributed by atoms with van der Waals surface area (Å²) < 4.78 is 29.9. The minimum Gasteiger partial charge on any atom is -0.507 e. The van der Waals surface area contributed by atoms with Crippen molar-refractivity contribution in [3.8, 4) is 11.8 Å². The van der Waals surface area contributed by atoms with Crippen molar-refractivity contribution >= 4 is 5.97 Å². The first kappa shape index (κ1) is 12.9. The van der Waals surface area contributed by atoms with Crippen LogP contribution in [0.5, 0.6) is 5.75 Å². The Kier molecular flexibility index (Phi) is 3.99. The summed E-state index contributed by atoms with van der Waals surface area (Å²) in [6, 6.07) is 3.20. The molecule has 0 saturated heterocycles. The predicted molar refractivity (Wildman–Crippen MR) is 53.7 cm³/mol. The number of rotatable bonds is 3. The zero-order valence-corrected chi connectivity index (χ0v) is 8.91. The van der Waals surface area contributed by atoms with Crippen LogP contribution in [0.3, 0.4) is 0 Å². The molecular weight excluding hydrogens is 232 g/mol. The first-order valence-corrected chi connectivity index (χ1v) is 4.73. The summed E-state index contributed by atoms with van der Waals surface area (Å²) in [5.41, 5.74) is -1.31. The first-order valence-electron chi connectivity index (χ1n) is 4.73. The number of alkyl halides is 2. The topological polar surface area (TPSA) is 70.3 Å². The molecule has 6 heteroatoms. The Morgan fingerprint density at radius 2 is 2.24 bits per heavy atom. The number of ether oxygens (including phenoxy) is 1. The molecule has 1 aromatic rings. The quantitative estimate of drug-likeness (QED) is 0.825. The van der Waals surface area contributed by atoms with Gasteiger partial charge in [-0.15, -0.1) is 0 Å². The molecule has 0 radical (unpaired) electrons. The summed E-state index contributed by atoms with van der Waals surface area (Å²) in [6.07, 6.45) is -2.94. The second-order valence-corrected chi connectivity index (χ2v) is 3.09. The van der Waals surface area contributed by atoms with E-state index in [9.17, 15) is 18.7 Å². The summed E-state index contributed by atoms with van der Waals surface area (Å²) in [5.74, 6) is -1.53. The molecule has 0 amide bonds. The van der Waals surface area contributed by atoms with Gasteiger partial charge in [-0.3, -0.25) is 0 Å². The zero-order valence-electron chi connectivity index (χ0n) is 8.91. The summed E-state index contributed by atoms with van der Waals surface area (Å²) >= 11 is 0. The molecule has 4 nitrogen and oxygen atoms in total. The number of nitriles is 1. The Hall–Kier alpha value is -2.16. The Bertz CT molecular complexity index is 480. The van der Waals surface area contributed by atoms with Gasteiger partial charge in [0.2, 0.25) is 0 Å². The number of phenols is 1. The van der Waals surface area contributed by atoms with Crippen molar-refractivity contribution in [3.63, 3.8) is 0 Å². The molecule has 0 aromatic heterocycles. The maximum absolute atomic E-state index is 12.6. The van der Waals surface area contributed by atoms with Gasteiger partial charge in [0.25, 0.3) is 6.43 Å². The van der Waals surface area contributed by atoms with Gasteiger partial charge in [-0.2, -0.15) is 5.26 Å². The molecule has 0 unspecified atom stereocenters. The average molecular weight is 241 g/mol. The van der Waals surface area contributed by atoms with E-state index < -0.39 is 29.3 Å². The number of hydrogen-bond acceptors (Lipinski definition) is 4. The standard InChI is InChI=1S/C11H9F2NO3/c1-2-17-11(16)8-3-6(5-14)9(15)4-7(8)10(12)13/h3-4,10,15H,2H2,1H3. The minimum atomic E-state index is -2.94. The lowest BCUT2D eigenvalue weighted by Crippen LogP contribution is -2.09. The van der Waals surface area contributed by atoms with Crippen LogP contribution in [0, 0.1) is 11.3 Å². The van der Waals surface area contributed by atoms with Crippen LogP contribution in [0.15, 0.2) is 12.1 Å². The van der Waals surface area contributed by atoms with Crippen molar-refractivity contribution in [1.82, 2.24) is 0 Å². The molecule has 0 spiro atoms. The van der Waals surface area contributed by atoms with Crippen LogP contribution in [0.25, 0.3) is 0 Å². The van der Waals surface area contributed by atoms with E-state index in [4.69, 9.17) is 5.26 Å². The maximum Gasteiger partial charge on any atom is 0.338 e. The molecule has 1 rings (SSSR count). The lowest BCUT2D eigenvalue weighted by molar-refractivity contribution is 0.0515. The third kappa shape index (κ3) is 2.69. The third-order valence-corrected chi connectivity index (χ3v) is 2.02. The van der Waals surface area contributed by atoms with Crippen molar-refractivity contribution in [2.75, 3.05) is 6.61 Å². The lowest BCUT2D eigenvalue weighted by Gasteiger charge is -2.09. The van der Waals surface area contributed by atoms with Crippen molar-refractivity contribution in [1.29, 1.82) is 5.26 Å². The fraction of sp³-hybridized carbons (Fsp3) is 0.273. The highest BCUT2D eigenvalue weighted by Crippen LogP contribution is 2.29. The molecule has 0 fully saturated rings. The number of nitrogens with zero attached hydrogens (tertiary/aromatic N) is 1. The highest BCUT2D eigenvalue weighted by Gasteiger charge is 2.22. The molecule has 0 bridgehead atoms. The highest BCUT2D eigenvalue weighted by molar-refractivity contribution is 5.92. The summed E-state index contributed by atoms with van der Waals surface area (Å²) in [7, 11) is 0. The van der Waals surface area contributed by atoms with E-state index >= 15 is 0 Å². The number of esters is 1. The number of carbonyl (C=O) groups is 1. The number of phenolic OH excluding ortho intramolecular Hbond substituents is 1. The van der Waals surface area contributed by atoms with Crippen molar-refractivity contribution in [2.24, 2.45) is 0 Å². The number of carbonyl (C=O) groups excluding carboxylic acids is 1. The molecule has 90 valence electrons. The smallest absolute Gasteiger partial charge is 0.338 e. The molecule has 1 N–H and O–H groups in total. The third-order valence-electron chi connectivity index (χ3n) is 2.02. The van der Waals surface area contributed by atoms with E-state index in [1.54, 1.807) is 6.07 Å². The van der Waals surface area contributed by atoms with Crippen molar-refractivity contribution in [2.45, 2.75) is 13.3 Å². The van der Waals surface area contributed by atoms with Crippen LogP contribution < -0.4 is 0 Å². The normalized spacial score (nSPS) is 10.1. The molecule has 0 aliphatic carbocycles. The lowest BCUT2D eigenvalue weighted by atomic mass is 10.0. The van der Waals surface area contributed by atoms with Gasteiger partial charge in [-0.25, -0.2) is 13.6 Å². The van der Waals surface area contributed by atoms with Crippen LogP contribution in [0.2, 0.25) is 0 Å². The number of benzene rings is 1. The van der Waals surface area contributed by atoms with Gasteiger partial charge in [0, 0.05) is 5.56 Å². The second-order valence-electron chi connectivity index (χ2n) is 3.09. The van der Waals surface area contributed by atoms with Crippen LogP contribution in [-0.4, -0.2) is 17.7 Å².